The number of piperidine rings is 1. The molecule has 0 aliphatic carbocycles. The third-order valence-electron chi connectivity index (χ3n) is 4.44. The summed E-state index contributed by atoms with van der Waals surface area (Å²) in [4.78, 5) is 2.39. The van der Waals surface area contributed by atoms with Gasteiger partial charge in [-0.15, -0.1) is 0 Å². The molecule has 5 heteroatoms. The summed E-state index contributed by atoms with van der Waals surface area (Å²) < 4.78 is 13.5. The standard InChI is InChI=1S/C15H23BFNO2/c1-10-6-11(2)12(3)18(8-10)9-13-4-5-15(17)14(7-13)16(19)20/h4-5,7,10-12,19-20H,6,8-9H2,1-3H3. The molecule has 0 amide bonds. The Hall–Kier alpha value is -0.905. The minimum absolute atomic E-state index is 0.0479. The number of likely N-dealkylation sites (tertiary alicyclic amines) is 1. The maximum absolute atomic E-state index is 13.5. The smallest absolute Gasteiger partial charge is 0.423 e. The molecule has 0 saturated carbocycles. The molecule has 3 nitrogen and oxygen atoms in total. The van der Waals surface area contributed by atoms with Crippen molar-refractivity contribution in [3.05, 3.63) is 29.6 Å². The van der Waals surface area contributed by atoms with Crippen molar-refractivity contribution in [3.63, 3.8) is 0 Å². The molecule has 0 radical (unpaired) electrons. The second-order valence-corrected chi connectivity index (χ2v) is 6.22. The minimum atomic E-state index is -1.76. The average molecular weight is 279 g/mol. The molecule has 1 aliphatic heterocycles. The summed E-state index contributed by atoms with van der Waals surface area (Å²) in [7, 11) is -1.76. The van der Waals surface area contributed by atoms with Gasteiger partial charge in [0.1, 0.15) is 5.82 Å². The van der Waals surface area contributed by atoms with Crippen molar-refractivity contribution in [1.29, 1.82) is 0 Å². The van der Waals surface area contributed by atoms with Gasteiger partial charge in [-0.2, -0.15) is 0 Å². The molecule has 0 bridgehead atoms. The molecule has 0 spiro atoms. The highest BCUT2D eigenvalue weighted by molar-refractivity contribution is 6.58. The Kier molecular flexibility index (Phi) is 4.84. The van der Waals surface area contributed by atoms with Gasteiger partial charge in [-0.25, -0.2) is 4.39 Å². The topological polar surface area (TPSA) is 43.7 Å². The first-order valence-corrected chi connectivity index (χ1v) is 7.27. The molecular formula is C15H23BFNO2. The number of benzene rings is 1. The highest BCUT2D eigenvalue weighted by atomic mass is 19.1. The summed E-state index contributed by atoms with van der Waals surface area (Å²) in [5.41, 5.74) is 0.871. The zero-order valence-electron chi connectivity index (χ0n) is 12.4. The highest BCUT2D eigenvalue weighted by Gasteiger charge is 2.29. The van der Waals surface area contributed by atoms with Crippen molar-refractivity contribution < 1.29 is 14.4 Å². The molecule has 2 N–H and O–H groups in total. The Bertz CT molecular complexity index is 469. The van der Waals surface area contributed by atoms with E-state index in [1.54, 1.807) is 12.1 Å². The molecule has 1 aliphatic rings. The van der Waals surface area contributed by atoms with Crippen LogP contribution in [-0.2, 0) is 6.54 Å². The van der Waals surface area contributed by atoms with E-state index >= 15 is 0 Å². The van der Waals surface area contributed by atoms with E-state index in [9.17, 15) is 14.4 Å². The largest absolute Gasteiger partial charge is 0.491 e. The maximum atomic E-state index is 13.5. The average Bonchev–Trinajstić information content (AvgIpc) is 2.37. The summed E-state index contributed by atoms with van der Waals surface area (Å²) in [6.07, 6.45) is 1.24. The lowest BCUT2D eigenvalue weighted by atomic mass is 9.79. The van der Waals surface area contributed by atoms with Crippen LogP contribution in [0.3, 0.4) is 0 Å². The fourth-order valence-electron chi connectivity index (χ4n) is 3.17. The Morgan fingerprint density at radius 3 is 2.65 bits per heavy atom. The SMILES string of the molecule is CC1CC(C)C(C)N(Cc2ccc(F)c(B(O)O)c2)C1. The maximum Gasteiger partial charge on any atom is 0.491 e. The summed E-state index contributed by atoms with van der Waals surface area (Å²) in [6, 6.07) is 5.07. The van der Waals surface area contributed by atoms with E-state index in [0.29, 0.717) is 17.9 Å². The highest BCUT2D eigenvalue weighted by Crippen LogP contribution is 2.28. The van der Waals surface area contributed by atoms with E-state index in [4.69, 9.17) is 0 Å². The molecule has 3 atom stereocenters. The number of rotatable bonds is 3. The molecule has 2 rings (SSSR count). The molecule has 3 unspecified atom stereocenters. The molecule has 0 aromatic heterocycles. The van der Waals surface area contributed by atoms with Gasteiger partial charge in [0.15, 0.2) is 0 Å². The van der Waals surface area contributed by atoms with E-state index in [-0.39, 0.29) is 5.46 Å². The monoisotopic (exact) mass is 279 g/mol. The lowest BCUT2D eigenvalue weighted by molar-refractivity contribution is 0.0729. The van der Waals surface area contributed by atoms with Crippen LogP contribution in [0.4, 0.5) is 4.39 Å². The van der Waals surface area contributed by atoms with Gasteiger partial charge in [0.25, 0.3) is 0 Å². The quantitative estimate of drug-likeness (QED) is 0.821. The van der Waals surface area contributed by atoms with Gasteiger partial charge in [-0.05, 0) is 36.8 Å². The molecule has 1 heterocycles. The molecule has 1 fully saturated rings. The molecule has 1 aromatic rings. The predicted octanol–water partition coefficient (Wildman–Crippen LogP) is 1.37. The lowest BCUT2D eigenvalue weighted by Gasteiger charge is -2.41. The van der Waals surface area contributed by atoms with Crippen molar-refractivity contribution >= 4 is 12.6 Å². The van der Waals surface area contributed by atoms with Crippen LogP contribution in [0.5, 0.6) is 0 Å². The second kappa shape index (κ2) is 6.25. The van der Waals surface area contributed by atoms with E-state index in [1.165, 1.54) is 12.5 Å². The summed E-state index contributed by atoms with van der Waals surface area (Å²) >= 11 is 0. The Balaban J connectivity index is 2.15. The first-order valence-electron chi connectivity index (χ1n) is 7.27. The second-order valence-electron chi connectivity index (χ2n) is 6.22. The van der Waals surface area contributed by atoms with Crippen LogP contribution in [0, 0.1) is 17.7 Å². The van der Waals surface area contributed by atoms with Gasteiger partial charge in [-0.1, -0.05) is 26.0 Å². The Morgan fingerprint density at radius 2 is 2.00 bits per heavy atom. The van der Waals surface area contributed by atoms with E-state index in [0.717, 1.165) is 18.7 Å². The van der Waals surface area contributed by atoms with E-state index in [2.05, 4.69) is 25.7 Å². The fourth-order valence-corrected chi connectivity index (χ4v) is 3.17. The molecule has 1 aromatic carbocycles. The van der Waals surface area contributed by atoms with Crippen LogP contribution in [-0.4, -0.2) is 34.7 Å². The number of nitrogens with zero attached hydrogens (tertiary/aromatic N) is 1. The first-order chi connectivity index (χ1) is 9.38. The van der Waals surface area contributed by atoms with E-state index < -0.39 is 12.9 Å². The summed E-state index contributed by atoms with van der Waals surface area (Å²) in [5.74, 6) is 0.726. The van der Waals surface area contributed by atoms with Crippen LogP contribution in [0.15, 0.2) is 18.2 Å². The Morgan fingerprint density at radius 1 is 1.30 bits per heavy atom. The number of hydrogen-bond donors (Lipinski definition) is 2. The number of hydrogen-bond acceptors (Lipinski definition) is 3. The molecular weight excluding hydrogens is 256 g/mol. The minimum Gasteiger partial charge on any atom is -0.423 e. The summed E-state index contributed by atoms with van der Waals surface area (Å²) in [5, 5.41) is 18.3. The van der Waals surface area contributed by atoms with Crippen molar-refractivity contribution in [3.8, 4) is 0 Å². The molecule has 1 saturated heterocycles. The Labute approximate surface area is 120 Å². The van der Waals surface area contributed by atoms with Crippen molar-refractivity contribution in [2.24, 2.45) is 11.8 Å². The third-order valence-corrected chi connectivity index (χ3v) is 4.44. The van der Waals surface area contributed by atoms with Crippen molar-refractivity contribution in [2.45, 2.75) is 39.8 Å². The summed E-state index contributed by atoms with van der Waals surface area (Å²) in [6.45, 7) is 8.49. The van der Waals surface area contributed by atoms with Gasteiger partial charge in [0.05, 0.1) is 0 Å². The first kappa shape index (κ1) is 15.5. The zero-order valence-corrected chi connectivity index (χ0v) is 12.4. The van der Waals surface area contributed by atoms with Crippen LogP contribution >= 0.6 is 0 Å². The number of halogens is 1. The predicted molar refractivity (Wildman–Crippen MR) is 79.0 cm³/mol. The van der Waals surface area contributed by atoms with Crippen LogP contribution in [0.2, 0.25) is 0 Å². The van der Waals surface area contributed by atoms with Gasteiger partial charge in [0.2, 0.25) is 0 Å². The van der Waals surface area contributed by atoms with Crippen molar-refractivity contribution in [2.75, 3.05) is 6.54 Å². The van der Waals surface area contributed by atoms with Gasteiger partial charge >= 0.3 is 7.12 Å². The van der Waals surface area contributed by atoms with Crippen LogP contribution in [0.1, 0.15) is 32.8 Å². The van der Waals surface area contributed by atoms with Gasteiger partial charge in [0, 0.05) is 24.6 Å². The van der Waals surface area contributed by atoms with Gasteiger partial charge < -0.3 is 10.0 Å². The van der Waals surface area contributed by atoms with Gasteiger partial charge in [-0.3, -0.25) is 4.90 Å². The van der Waals surface area contributed by atoms with Crippen LogP contribution in [0.25, 0.3) is 0 Å². The van der Waals surface area contributed by atoms with Crippen molar-refractivity contribution in [1.82, 2.24) is 4.90 Å². The fraction of sp³-hybridized carbons (Fsp3) is 0.600. The van der Waals surface area contributed by atoms with Crippen LogP contribution < -0.4 is 5.46 Å². The normalized spacial score (nSPS) is 27.6. The lowest BCUT2D eigenvalue weighted by Crippen LogP contribution is -2.45. The van der Waals surface area contributed by atoms with E-state index in [1.807, 2.05) is 0 Å². The third kappa shape index (κ3) is 3.40. The molecule has 20 heavy (non-hydrogen) atoms. The molecule has 110 valence electrons. The zero-order chi connectivity index (χ0) is 14.9.